The minimum absolute atomic E-state index is 0.237. The first-order valence-electron chi connectivity index (χ1n) is 11.0. The number of imide groups is 1. The largest absolute Gasteiger partial charge is 0.490 e. The molecule has 1 fully saturated rings. The van der Waals surface area contributed by atoms with E-state index >= 15 is 0 Å². The fourth-order valence-electron chi connectivity index (χ4n) is 3.29. The first kappa shape index (κ1) is 25.8. The van der Waals surface area contributed by atoms with Crippen molar-refractivity contribution >= 4 is 56.5 Å². The number of halogens is 1. The number of thioether (sulfide) groups is 1. The van der Waals surface area contributed by atoms with Gasteiger partial charge in [0, 0.05) is 5.69 Å². The molecule has 0 radical (unpaired) electrons. The summed E-state index contributed by atoms with van der Waals surface area (Å²) >= 11 is 4.31. The van der Waals surface area contributed by atoms with Gasteiger partial charge in [-0.25, -0.2) is 0 Å². The van der Waals surface area contributed by atoms with Gasteiger partial charge in [0.05, 0.1) is 22.6 Å². The summed E-state index contributed by atoms with van der Waals surface area (Å²) in [4.78, 5) is 39.1. The highest BCUT2D eigenvalue weighted by Gasteiger charge is 2.36. The number of carbonyl (C=O) groups is 3. The number of hydrogen-bond donors (Lipinski definition) is 1. The molecule has 1 aliphatic heterocycles. The van der Waals surface area contributed by atoms with Gasteiger partial charge in [0.2, 0.25) is 5.91 Å². The van der Waals surface area contributed by atoms with Gasteiger partial charge in [-0.1, -0.05) is 19.1 Å². The molecule has 0 atom stereocenters. The Morgan fingerprint density at radius 3 is 2.65 bits per heavy atom. The Balaban J connectivity index is 1.77. The summed E-state index contributed by atoms with van der Waals surface area (Å²) in [6.07, 6.45) is 2.47. The molecule has 0 unspecified atom stereocenters. The van der Waals surface area contributed by atoms with Crippen LogP contribution in [0.15, 0.2) is 39.7 Å². The van der Waals surface area contributed by atoms with Gasteiger partial charge in [-0.2, -0.15) is 0 Å². The molecule has 2 aromatic carbocycles. The first-order valence-corrected chi connectivity index (χ1v) is 12.6. The highest BCUT2D eigenvalue weighted by molar-refractivity contribution is 9.10. The van der Waals surface area contributed by atoms with E-state index in [4.69, 9.17) is 9.47 Å². The van der Waals surface area contributed by atoms with Crippen molar-refractivity contribution in [2.45, 2.75) is 34.1 Å². The number of amides is 3. The number of nitrogens with zero attached hydrogens (tertiary/aromatic N) is 1. The van der Waals surface area contributed by atoms with Gasteiger partial charge in [0.25, 0.3) is 11.1 Å². The van der Waals surface area contributed by atoms with E-state index in [0.717, 1.165) is 34.2 Å². The SMILES string of the molecule is CCCOc1c(Br)cc(C=C2SC(=O)N(CC(=O)Nc3cccc(C)c3C)C2=O)cc1OCC. The number of nitrogens with one attached hydrogen (secondary N) is 1. The summed E-state index contributed by atoms with van der Waals surface area (Å²) in [5, 5.41) is 2.30. The van der Waals surface area contributed by atoms with E-state index in [1.807, 2.05) is 39.8 Å². The Kier molecular flexibility index (Phi) is 8.79. The topological polar surface area (TPSA) is 84.9 Å². The second-order valence-corrected chi connectivity index (χ2v) is 9.52. The Morgan fingerprint density at radius 2 is 1.94 bits per heavy atom. The summed E-state index contributed by atoms with van der Waals surface area (Å²) in [6, 6.07) is 9.14. The molecule has 1 N–H and O–H groups in total. The van der Waals surface area contributed by atoms with Crippen molar-refractivity contribution in [2.75, 3.05) is 25.1 Å². The van der Waals surface area contributed by atoms with Crippen molar-refractivity contribution in [1.82, 2.24) is 4.90 Å². The molecule has 34 heavy (non-hydrogen) atoms. The molecular weight excluding hydrogens is 520 g/mol. The van der Waals surface area contributed by atoms with E-state index in [9.17, 15) is 14.4 Å². The summed E-state index contributed by atoms with van der Waals surface area (Å²) < 4.78 is 12.2. The van der Waals surface area contributed by atoms with Crippen LogP contribution in [0, 0.1) is 13.8 Å². The van der Waals surface area contributed by atoms with Crippen LogP contribution < -0.4 is 14.8 Å². The van der Waals surface area contributed by atoms with Crippen LogP contribution in [0.1, 0.15) is 37.0 Å². The summed E-state index contributed by atoms with van der Waals surface area (Å²) in [5.74, 6) is 0.198. The van der Waals surface area contributed by atoms with Crippen LogP contribution in [0.5, 0.6) is 11.5 Å². The van der Waals surface area contributed by atoms with E-state index in [-0.39, 0.29) is 11.4 Å². The third-order valence-corrected chi connectivity index (χ3v) is 6.63. The molecule has 2 aromatic rings. The minimum Gasteiger partial charge on any atom is -0.490 e. The van der Waals surface area contributed by atoms with E-state index in [0.29, 0.717) is 40.4 Å². The Bertz CT molecular complexity index is 1150. The Labute approximate surface area is 212 Å². The van der Waals surface area contributed by atoms with Crippen molar-refractivity contribution in [3.05, 3.63) is 56.4 Å². The third kappa shape index (κ3) is 6.01. The minimum atomic E-state index is -0.508. The van der Waals surface area contributed by atoms with Crippen molar-refractivity contribution in [1.29, 1.82) is 0 Å². The van der Waals surface area contributed by atoms with Gasteiger partial charge in [0.15, 0.2) is 11.5 Å². The van der Waals surface area contributed by atoms with Crippen LogP contribution >= 0.6 is 27.7 Å². The second kappa shape index (κ2) is 11.6. The number of benzene rings is 2. The van der Waals surface area contributed by atoms with Crippen LogP contribution in [-0.4, -0.2) is 41.7 Å². The predicted molar refractivity (Wildman–Crippen MR) is 138 cm³/mol. The number of rotatable bonds is 9. The third-order valence-electron chi connectivity index (χ3n) is 5.13. The fourth-order valence-corrected chi connectivity index (χ4v) is 4.70. The highest BCUT2D eigenvalue weighted by Crippen LogP contribution is 2.39. The number of anilines is 1. The molecule has 0 aliphatic carbocycles. The molecule has 3 amide bonds. The normalized spacial score (nSPS) is 14.6. The maximum Gasteiger partial charge on any atom is 0.294 e. The van der Waals surface area contributed by atoms with E-state index < -0.39 is 17.1 Å². The summed E-state index contributed by atoms with van der Waals surface area (Å²) in [7, 11) is 0. The van der Waals surface area contributed by atoms with Crippen molar-refractivity contribution < 1.29 is 23.9 Å². The molecule has 3 rings (SSSR count). The lowest BCUT2D eigenvalue weighted by Crippen LogP contribution is -2.36. The highest BCUT2D eigenvalue weighted by atomic mass is 79.9. The zero-order valence-corrected chi connectivity index (χ0v) is 22.0. The number of hydrogen-bond acceptors (Lipinski definition) is 6. The van der Waals surface area contributed by atoms with E-state index in [1.54, 1.807) is 24.3 Å². The average molecular weight is 547 g/mol. The molecule has 0 aromatic heterocycles. The van der Waals surface area contributed by atoms with E-state index in [1.165, 1.54) is 0 Å². The van der Waals surface area contributed by atoms with Gasteiger partial charge >= 0.3 is 0 Å². The first-order chi connectivity index (χ1) is 16.2. The number of carbonyl (C=O) groups excluding carboxylic acids is 3. The zero-order chi connectivity index (χ0) is 24.8. The molecule has 7 nitrogen and oxygen atoms in total. The molecule has 9 heteroatoms. The van der Waals surface area contributed by atoms with Crippen molar-refractivity contribution in [3.8, 4) is 11.5 Å². The number of ether oxygens (including phenoxy) is 2. The second-order valence-electron chi connectivity index (χ2n) is 7.67. The van der Waals surface area contributed by atoms with Crippen LogP contribution in [0.4, 0.5) is 10.5 Å². The maximum atomic E-state index is 12.9. The smallest absolute Gasteiger partial charge is 0.294 e. The van der Waals surface area contributed by atoms with Gasteiger partial charge in [0.1, 0.15) is 6.54 Å². The zero-order valence-electron chi connectivity index (χ0n) is 19.6. The predicted octanol–water partition coefficient (Wildman–Crippen LogP) is 5.93. The molecule has 1 heterocycles. The lowest BCUT2D eigenvalue weighted by molar-refractivity contribution is -0.127. The van der Waals surface area contributed by atoms with Crippen molar-refractivity contribution in [3.63, 3.8) is 0 Å². The van der Waals surface area contributed by atoms with Gasteiger partial charge in [-0.3, -0.25) is 19.3 Å². The molecule has 0 saturated carbocycles. The summed E-state index contributed by atoms with van der Waals surface area (Å²) in [5.41, 5.74) is 3.30. The lowest BCUT2D eigenvalue weighted by atomic mass is 10.1. The van der Waals surface area contributed by atoms with Crippen LogP contribution in [0.2, 0.25) is 0 Å². The van der Waals surface area contributed by atoms with Gasteiger partial charge in [-0.15, -0.1) is 0 Å². The van der Waals surface area contributed by atoms with Gasteiger partial charge < -0.3 is 14.8 Å². The summed E-state index contributed by atoms with van der Waals surface area (Å²) in [6.45, 7) is 8.38. The molecule has 1 saturated heterocycles. The average Bonchev–Trinajstić information content (AvgIpc) is 3.04. The Hall–Kier alpha value is -2.78. The molecular formula is C25H27BrN2O5S. The Morgan fingerprint density at radius 1 is 1.18 bits per heavy atom. The van der Waals surface area contributed by atoms with Crippen LogP contribution in [0.3, 0.4) is 0 Å². The van der Waals surface area contributed by atoms with Crippen LogP contribution in [-0.2, 0) is 9.59 Å². The van der Waals surface area contributed by atoms with Gasteiger partial charge in [-0.05, 0) is 95.8 Å². The molecule has 0 bridgehead atoms. The van der Waals surface area contributed by atoms with Crippen LogP contribution in [0.25, 0.3) is 6.08 Å². The standard InChI is InChI=1S/C25H27BrN2O5S/c1-5-10-33-23-18(26)11-17(12-20(23)32-6-2)13-21-24(30)28(25(31)34-21)14-22(29)27-19-9-7-8-15(3)16(19)4/h7-9,11-13H,5-6,10,14H2,1-4H3,(H,27,29). The molecule has 1 aliphatic rings. The molecule has 180 valence electrons. The van der Waals surface area contributed by atoms with Crippen molar-refractivity contribution in [2.24, 2.45) is 0 Å². The maximum absolute atomic E-state index is 12.9. The molecule has 0 spiro atoms. The number of aryl methyl sites for hydroxylation is 1. The lowest BCUT2D eigenvalue weighted by Gasteiger charge is -2.15. The fraction of sp³-hybridized carbons (Fsp3) is 0.320. The monoisotopic (exact) mass is 546 g/mol. The quantitative estimate of drug-likeness (QED) is 0.392. The van der Waals surface area contributed by atoms with E-state index in [2.05, 4.69) is 21.2 Å².